The van der Waals surface area contributed by atoms with Crippen molar-refractivity contribution < 1.29 is 33.2 Å². The summed E-state index contributed by atoms with van der Waals surface area (Å²) in [6, 6.07) is 8.96. The molecule has 3 aliphatic rings. The van der Waals surface area contributed by atoms with Gasteiger partial charge in [-0.15, -0.1) is 0 Å². The second-order valence-corrected chi connectivity index (χ2v) is 9.79. The number of carbonyl (C=O) groups is 1. The molecule has 0 radical (unpaired) electrons. The summed E-state index contributed by atoms with van der Waals surface area (Å²) in [4.78, 5) is 12.7. The Hall–Kier alpha value is -1.51. The fourth-order valence-electron chi connectivity index (χ4n) is 5.04. The summed E-state index contributed by atoms with van der Waals surface area (Å²) >= 11 is 0. The van der Waals surface area contributed by atoms with Crippen molar-refractivity contribution in [3.63, 3.8) is 0 Å². The third kappa shape index (κ3) is 4.73. The molecule has 0 bridgehead atoms. The number of carbonyl (C=O) groups excluding carboxylic acids is 1. The molecule has 3 heterocycles. The van der Waals surface area contributed by atoms with E-state index < -0.39 is 24.3 Å². The zero-order valence-electron chi connectivity index (χ0n) is 19.9. The normalized spacial score (nSPS) is 41.1. The zero-order valence-corrected chi connectivity index (χ0v) is 19.9. The Morgan fingerprint density at radius 2 is 1.72 bits per heavy atom. The van der Waals surface area contributed by atoms with Crippen molar-refractivity contribution in [2.24, 2.45) is 17.8 Å². The van der Waals surface area contributed by atoms with E-state index in [9.17, 15) is 4.79 Å². The fourth-order valence-corrected chi connectivity index (χ4v) is 5.04. The molecule has 32 heavy (non-hydrogen) atoms. The molecular formula is C25H36O7. The standard InChI is InChI=1S/C25H36O7/c1-7-18-15(3)20(16(4)23(28-18)30-22(26)17-11-9-8-10-12-17)29-24-21-19(14(2)13-27-24)31-25(5,6)32-21/h8-12,14-16,18-21,23-24H,7,13H2,1-6H3/t14-,15-,16?,18?,19+,20+,21?,23+,24-/m1/s1. The minimum absolute atomic E-state index is 0.0807. The molecule has 3 saturated heterocycles. The molecule has 7 nitrogen and oxygen atoms in total. The van der Waals surface area contributed by atoms with Crippen LogP contribution in [0.1, 0.15) is 58.3 Å². The largest absolute Gasteiger partial charge is 0.432 e. The Morgan fingerprint density at radius 1 is 1.03 bits per heavy atom. The van der Waals surface area contributed by atoms with E-state index in [0.717, 1.165) is 6.42 Å². The molecule has 0 amide bonds. The highest BCUT2D eigenvalue weighted by atomic mass is 16.8. The first kappa shape index (κ1) is 23.6. The maximum absolute atomic E-state index is 12.7. The van der Waals surface area contributed by atoms with Gasteiger partial charge in [-0.05, 0) is 32.4 Å². The number of hydrogen-bond acceptors (Lipinski definition) is 7. The van der Waals surface area contributed by atoms with Crippen LogP contribution in [0, 0.1) is 17.8 Å². The molecule has 1 aromatic carbocycles. The lowest BCUT2D eigenvalue weighted by Crippen LogP contribution is -2.56. The second-order valence-electron chi connectivity index (χ2n) is 9.79. The van der Waals surface area contributed by atoms with Crippen molar-refractivity contribution in [1.82, 2.24) is 0 Å². The number of esters is 1. The number of ether oxygens (including phenoxy) is 6. The van der Waals surface area contributed by atoms with Crippen LogP contribution < -0.4 is 0 Å². The maximum atomic E-state index is 12.7. The fraction of sp³-hybridized carbons (Fsp3) is 0.720. The predicted octanol–water partition coefficient (Wildman–Crippen LogP) is 4.15. The van der Waals surface area contributed by atoms with Crippen LogP contribution in [0.2, 0.25) is 0 Å². The van der Waals surface area contributed by atoms with E-state index in [1.165, 1.54) is 0 Å². The highest BCUT2D eigenvalue weighted by molar-refractivity contribution is 5.89. The van der Waals surface area contributed by atoms with Gasteiger partial charge in [-0.3, -0.25) is 0 Å². The predicted molar refractivity (Wildman–Crippen MR) is 117 cm³/mol. The summed E-state index contributed by atoms with van der Waals surface area (Å²) in [5, 5.41) is 0. The van der Waals surface area contributed by atoms with Gasteiger partial charge in [0.2, 0.25) is 6.29 Å². The molecule has 0 aromatic heterocycles. The van der Waals surface area contributed by atoms with Crippen LogP contribution in [0.4, 0.5) is 0 Å². The van der Waals surface area contributed by atoms with Crippen LogP contribution in [0.3, 0.4) is 0 Å². The second kappa shape index (κ2) is 9.39. The highest BCUT2D eigenvalue weighted by Gasteiger charge is 2.53. The Morgan fingerprint density at radius 3 is 2.41 bits per heavy atom. The summed E-state index contributed by atoms with van der Waals surface area (Å²) in [6.45, 7) is 12.7. The maximum Gasteiger partial charge on any atom is 0.340 e. The van der Waals surface area contributed by atoms with Gasteiger partial charge in [-0.2, -0.15) is 0 Å². The van der Waals surface area contributed by atoms with Crippen molar-refractivity contribution in [2.45, 2.75) is 90.7 Å². The molecule has 0 spiro atoms. The van der Waals surface area contributed by atoms with Crippen LogP contribution in [0.25, 0.3) is 0 Å². The van der Waals surface area contributed by atoms with Crippen molar-refractivity contribution in [1.29, 1.82) is 0 Å². The van der Waals surface area contributed by atoms with Crippen molar-refractivity contribution >= 4 is 5.97 Å². The van der Waals surface area contributed by atoms with Gasteiger partial charge in [0.1, 0.15) is 6.10 Å². The molecule has 4 rings (SSSR count). The molecular weight excluding hydrogens is 412 g/mol. The van der Waals surface area contributed by atoms with Gasteiger partial charge < -0.3 is 28.4 Å². The van der Waals surface area contributed by atoms with Gasteiger partial charge in [-0.1, -0.05) is 45.9 Å². The average Bonchev–Trinajstić information content (AvgIpc) is 3.11. The van der Waals surface area contributed by atoms with Gasteiger partial charge in [0, 0.05) is 17.8 Å². The van der Waals surface area contributed by atoms with Crippen molar-refractivity contribution in [3.8, 4) is 0 Å². The minimum atomic E-state index is -0.704. The summed E-state index contributed by atoms with van der Waals surface area (Å²) in [7, 11) is 0. The Labute approximate surface area is 190 Å². The van der Waals surface area contributed by atoms with Crippen LogP contribution in [-0.4, -0.2) is 55.4 Å². The molecule has 9 atom stereocenters. The van der Waals surface area contributed by atoms with Crippen LogP contribution in [0.5, 0.6) is 0 Å². The molecule has 0 aliphatic carbocycles. The first-order valence-corrected chi connectivity index (χ1v) is 11.7. The topological polar surface area (TPSA) is 72.5 Å². The molecule has 3 aliphatic heterocycles. The highest BCUT2D eigenvalue weighted by Crippen LogP contribution is 2.41. The first-order valence-electron chi connectivity index (χ1n) is 11.7. The average molecular weight is 449 g/mol. The summed E-state index contributed by atoms with van der Waals surface area (Å²) < 4.78 is 36.9. The summed E-state index contributed by atoms with van der Waals surface area (Å²) in [6.07, 6.45) is -1.18. The number of hydrogen-bond donors (Lipinski definition) is 0. The monoisotopic (exact) mass is 448 g/mol. The lowest BCUT2D eigenvalue weighted by Gasteiger charge is -2.46. The van der Waals surface area contributed by atoms with E-state index >= 15 is 0 Å². The SMILES string of the molecule is CCC1O[C@@H](OC(=O)c2ccccc2)C(C)[C@@H](O[C@H]2OC[C@@H](C)[C@@H]3OC(C)(C)OC23)[C@@H]1C. The van der Waals surface area contributed by atoms with E-state index in [4.69, 9.17) is 28.4 Å². The van der Waals surface area contributed by atoms with Crippen LogP contribution in [0.15, 0.2) is 30.3 Å². The van der Waals surface area contributed by atoms with E-state index in [1.807, 2.05) is 39.0 Å². The smallest absolute Gasteiger partial charge is 0.340 e. The molecule has 1 aromatic rings. The lowest BCUT2D eigenvalue weighted by atomic mass is 9.84. The molecule has 178 valence electrons. The molecule has 3 fully saturated rings. The van der Waals surface area contributed by atoms with Crippen molar-refractivity contribution in [2.75, 3.05) is 6.61 Å². The van der Waals surface area contributed by atoms with E-state index in [-0.39, 0.29) is 42.2 Å². The zero-order chi connectivity index (χ0) is 23.0. The first-order chi connectivity index (χ1) is 15.2. The molecule has 3 unspecified atom stereocenters. The number of fused-ring (bicyclic) bond motifs is 1. The van der Waals surface area contributed by atoms with Crippen molar-refractivity contribution in [3.05, 3.63) is 35.9 Å². The molecule has 0 saturated carbocycles. The molecule has 7 heteroatoms. The number of benzene rings is 1. The van der Waals surface area contributed by atoms with Gasteiger partial charge >= 0.3 is 5.97 Å². The van der Waals surface area contributed by atoms with Crippen LogP contribution in [-0.2, 0) is 28.4 Å². The molecule has 0 N–H and O–H groups in total. The quantitative estimate of drug-likeness (QED) is 0.627. The Bertz CT molecular complexity index is 782. The third-order valence-electron chi connectivity index (χ3n) is 6.80. The lowest BCUT2D eigenvalue weighted by molar-refractivity contribution is -0.309. The van der Waals surface area contributed by atoms with Gasteiger partial charge in [0.15, 0.2) is 12.1 Å². The van der Waals surface area contributed by atoms with E-state index in [2.05, 4.69) is 20.8 Å². The number of rotatable bonds is 5. The third-order valence-corrected chi connectivity index (χ3v) is 6.80. The minimum Gasteiger partial charge on any atom is -0.432 e. The van der Waals surface area contributed by atoms with Gasteiger partial charge in [-0.25, -0.2) is 4.79 Å². The Kier molecular flexibility index (Phi) is 6.94. The van der Waals surface area contributed by atoms with Gasteiger partial charge in [0.05, 0.1) is 30.5 Å². The summed E-state index contributed by atoms with van der Waals surface area (Å²) in [5.41, 5.74) is 0.499. The summed E-state index contributed by atoms with van der Waals surface area (Å²) in [5.74, 6) is -0.946. The van der Waals surface area contributed by atoms with Crippen LogP contribution >= 0.6 is 0 Å². The van der Waals surface area contributed by atoms with E-state index in [0.29, 0.717) is 12.2 Å². The van der Waals surface area contributed by atoms with E-state index in [1.54, 1.807) is 12.1 Å². The van der Waals surface area contributed by atoms with Gasteiger partial charge in [0.25, 0.3) is 0 Å². The Balaban J connectivity index is 1.49.